The van der Waals surface area contributed by atoms with Gasteiger partial charge in [-0.15, -0.1) is 0 Å². The number of cyclic esters (lactones) is 1. The zero-order chi connectivity index (χ0) is 12.1. The molecule has 0 aromatic heterocycles. The van der Waals surface area contributed by atoms with Gasteiger partial charge in [-0.2, -0.15) is 0 Å². The molecular weight excluding hydrogens is 214 g/mol. The molecule has 1 aliphatic heterocycles. The van der Waals surface area contributed by atoms with Gasteiger partial charge in [0.1, 0.15) is 6.61 Å². The Morgan fingerprint density at radius 1 is 1.35 bits per heavy atom. The Balaban J connectivity index is 1.97. The van der Waals surface area contributed by atoms with Gasteiger partial charge in [0.15, 0.2) is 0 Å². The van der Waals surface area contributed by atoms with Crippen LogP contribution in [0.5, 0.6) is 0 Å². The van der Waals surface area contributed by atoms with Gasteiger partial charge >= 0.3 is 6.09 Å². The molecule has 3 nitrogen and oxygen atoms in total. The van der Waals surface area contributed by atoms with Crippen LogP contribution >= 0.6 is 0 Å². The SMILES string of the molecule is CCCCN1C(=O)OC[C@@H]1Cc1ccccc1. The number of unbranched alkanes of at least 4 members (excludes halogenated alkanes) is 1. The van der Waals surface area contributed by atoms with Crippen LogP contribution in [0.25, 0.3) is 0 Å². The first-order valence-electron chi connectivity index (χ1n) is 6.28. The summed E-state index contributed by atoms with van der Waals surface area (Å²) >= 11 is 0. The van der Waals surface area contributed by atoms with Gasteiger partial charge in [0.05, 0.1) is 6.04 Å². The third-order valence-electron chi connectivity index (χ3n) is 3.14. The van der Waals surface area contributed by atoms with E-state index >= 15 is 0 Å². The van der Waals surface area contributed by atoms with E-state index in [-0.39, 0.29) is 12.1 Å². The number of rotatable bonds is 5. The number of ether oxygens (including phenoxy) is 1. The fourth-order valence-electron chi connectivity index (χ4n) is 2.15. The minimum absolute atomic E-state index is 0.153. The van der Waals surface area contributed by atoms with Crippen LogP contribution < -0.4 is 0 Å². The average molecular weight is 233 g/mol. The van der Waals surface area contributed by atoms with Crippen LogP contribution in [0, 0.1) is 0 Å². The standard InChI is InChI=1S/C14H19NO2/c1-2-3-9-15-13(11-17-14(15)16)10-12-7-5-4-6-8-12/h4-8,13H,2-3,9-11H2,1H3/t13-/m0/s1. The first-order chi connectivity index (χ1) is 8.31. The van der Waals surface area contributed by atoms with Gasteiger partial charge in [-0.05, 0) is 18.4 Å². The van der Waals surface area contributed by atoms with Crippen LogP contribution in [0.1, 0.15) is 25.3 Å². The highest BCUT2D eigenvalue weighted by atomic mass is 16.6. The highest BCUT2D eigenvalue weighted by Crippen LogP contribution is 2.17. The first-order valence-corrected chi connectivity index (χ1v) is 6.28. The normalized spacial score (nSPS) is 19.5. The maximum Gasteiger partial charge on any atom is 0.410 e. The van der Waals surface area contributed by atoms with E-state index in [9.17, 15) is 4.79 Å². The Morgan fingerprint density at radius 3 is 2.82 bits per heavy atom. The molecule has 0 bridgehead atoms. The monoisotopic (exact) mass is 233 g/mol. The number of carbonyl (C=O) groups excluding carboxylic acids is 1. The molecular formula is C14H19NO2. The van der Waals surface area contributed by atoms with Crippen LogP contribution in [0.15, 0.2) is 30.3 Å². The Labute approximate surface area is 102 Å². The highest BCUT2D eigenvalue weighted by Gasteiger charge is 2.31. The van der Waals surface area contributed by atoms with E-state index in [1.807, 2.05) is 23.1 Å². The second-order valence-corrected chi connectivity index (χ2v) is 4.47. The molecule has 1 saturated heterocycles. The predicted octanol–water partition coefficient (Wildman–Crippen LogP) is 2.85. The fraction of sp³-hybridized carbons (Fsp3) is 0.500. The molecule has 1 aromatic carbocycles. The number of amides is 1. The lowest BCUT2D eigenvalue weighted by Crippen LogP contribution is -2.35. The summed E-state index contributed by atoms with van der Waals surface area (Å²) in [6.45, 7) is 3.47. The third-order valence-corrected chi connectivity index (χ3v) is 3.14. The molecule has 1 fully saturated rings. The van der Waals surface area contributed by atoms with Crippen LogP contribution in [-0.4, -0.2) is 30.2 Å². The zero-order valence-electron chi connectivity index (χ0n) is 10.3. The molecule has 3 heteroatoms. The summed E-state index contributed by atoms with van der Waals surface area (Å²) in [7, 11) is 0. The molecule has 17 heavy (non-hydrogen) atoms. The topological polar surface area (TPSA) is 29.5 Å². The number of benzene rings is 1. The number of hydrogen-bond donors (Lipinski definition) is 0. The summed E-state index contributed by atoms with van der Waals surface area (Å²) in [5.74, 6) is 0. The molecule has 0 radical (unpaired) electrons. The van der Waals surface area contributed by atoms with Crippen LogP contribution in [0.4, 0.5) is 4.79 Å². The van der Waals surface area contributed by atoms with E-state index < -0.39 is 0 Å². The van der Waals surface area contributed by atoms with Crippen molar-refractivity contribution < 1.29 is 9.53 Å². The number of carbonyl (C=O) groups is 1. The summed E-state index contributed by atoms with van der Waals surface area (Å²) in [5, 5.41) is 0. The molecule has 1 amide bonds. The van der Waals surface area contributed by atoms with Crippen LogP contribution in [0.3, 0.4) is 0 Å². The van der Waals surface area contributed by atoms with Crippen molar-refractivity contribution >= 4 is 6.09 Å². The predicted molar refractivity (Wildman–Crippen MR) is 66.9 cm³/mol. The molecule has 0 spiro atoms. The van der Waals surface area contributed by atoms with E-state index in [0.29, 0.717) is 6.61 Å². The van der Waals surface area contributed by atoms with Crippen molar-refractivity contribution in [2.75, 3.05) is 13.2 Å². The Hall–Kier alpha value is -1.51. The maximum absolute atomic E-state index is 11.6. The van der Waals surface area contributed by atoms with Crippen LogP contribution in [0.2, 0.25) is 0 Å². The number of nitrogens with zero attached hydrogens (tertiary/aromatic N) is 1. The average Bonchev–Trinajstić information content (AvgIpc) is 2.69. The minimum atomic E-state index is -0.153. The Bertz CT molecular complexity index is 364. The molecule has 0 aliphatic carbocycles. The quantitative estimate of drug-likeness (QED) is 0.782. The first kappa shape index (κ1) is 12.0. The minimum Gasteiger partial charge on any atom is -0.447 e. The van der Waals surface area contributed by atoms with Crippen LogP contribution in [-0.2, 0) is 11.2 Å². The molecule has 2 rings (SSSR count). The molecule has 92 valence electrons. The Morgan fingerprint density at radius 2 is 2.12 bits per heavy atom. The molecule has 0 unspecified atom stereocenters. The van der Waals surface area contributed by atoms with Crippen molar-refractivity contribution in [3.8, 4) is 0 Å². The van der Waals surface area contributed by atoms with Gasteiger partial charge in [0.2, 0.25) is 0 Å². The largest absolute Gasteiger partial charge is 0.447 e. The summed E-state index contributed by atoms with van der Waals surface area (Å²) in [6, 6.07) is 10.5. The van der Waals surface area contributed by atoms with Gasteiger partial charge in [-0.1, -0.05) is 43.7 Å². The van der Waals surface area contributed by atoms with Gasteiger partial charge in [-0.3, -0.25) is 0 Å². The van der Waals surface area contributed by atoms with Crippen molar-refractivity contribution in [3.05, 3.63) is 35.9 Å². The maximum atomic E-state index is 11.6. The van der Waals surface area contributed by atoms with E-state index in [1.165, 1.54) is 5.56 Å². The molecule has 1 heterocycles. The summed E-state index contributed by atoms with van der Waals surface area (Å²) in [5.41, 5.74) is 1.26. The van der Waals surface area contributed by atoms with Crippen molar-refractivity contribution in [1.29, 1.82) is 0 Å². The lowest BCUT2D eigenvalue weighted by Gasteiger charge is -2.21. The summed E-state index contributed by atoms with van der Waals surface area (Å²) < 4.78 is 5.13. The second kappa shape index (κ2) is 5.71. The fourth-order valence-corrected chi connectivity index (χ4v) is 2.15. The lowest BCUT2D eigenvalue weighted by atomic mass is 10.1. The zero-order valence-corrected chi connectivity index (χ0v) is 10.3. The lowest BCUT2D eigenvalue weighted by molar-refractivity contribution is 0.157. The molecule has 1 aliphatic rings. The van der Waals surface area contributed by atoms with Crippen molar-refractivity contribution in [2.24, 2.45) is 0 Å². The summed E-state index contributed by atoms with van der Waals surface area (Å²) in [6.07, 6.45) is 2.87. The van der Waals surface area contributed by atoms with Gasteiger partial charge < -0.3 is 9.64 Å². The van der Waals surface area contributed by atoms with Gasteiger partial charge in [-0.25, -0.2) is 4.79 Å². The molecule has 0 saturated carbocycles. The van der Waals surface area contributed by atoms with E-state index in [2.05, 4.69) is 19.1 Å². The van der Waals surface area contributed by atoms with E-state index in [1.54, 1.807) is 0 Å². The van der Waals surface area contributed by atoms with Gasteiger partial charge in [0, 0.05) is 6.54 Å². The molecule has 0 N–H and O–H groups in total. The van der Waals surface area contributed by atoms with Crippen molar-refractivity contribution in [2.45, 2.75) is 32.2 Å². The Kier molecular flexibility index (Phi) is 4.02. The highest BCUT2D eigenvalue weighted by molar-refractivity contribution is 5.70. The molecule has 1 atom stereocenters. The van der Waals surface area contributed by atoms with E-state index in [4.69, 9.17) is 4.74 Å². The smallest absolute Gasteiger partial charge is 0.410 e. The van der Waals surface area contributed by atoms with Gasteiger partial charge in [0.25, 0.3) is 0 Å². The second-order valence-electron chi connectivity index (χ2n) is 4.47. The van der Waals surface area contributed by atoms with E-state index in [0.717, 1.165) is 25.8 Å². The number of hydrogen-bond acceptors (Lipinski definition) is 2. The summed E-state index contributed by atoms with van der Waals surface area (Å²) in [4.78, 5) is 13.5. The molecule has 1 aromatic rings. The third kappa shape index (κ3) is 2.99. The van der Waals surface area contributed by atoms with Crippen molar-refractivity contribution in [1.82, 2.24) is 4.90 Å². The van der Waals surface area contributed by atoms with Crippen molar-refractivity contribution in [3.63, 3.8) is 0 Å².